The van der Waals surface area contributed by atoms with E-state index in [1.165, 1.54) is 33.6 Å². The molecular formula is C24H29NO7. The highest BCUT2D eigenvalue weighted by molar-refractivity contribution is 6.08. The van der Waals surface area contributed by atoms with Gasteiger partial charge in [-0.1, -0.05) is 0 Å². The van der Waals surface area contributed by atoms with Crippen LogP contribution in [0.4, 0.5) is 0 Å². The molecule has 0 saturated heterocycles. The number of hydrogen-bond acceptors (Lipinski definition) is 8. The molecule has 0 fully saturated rings. The van der Waals surface area contributed by atoms with Crippen LogP contribution in [0, 0.1) is 0 Å². The number of esters is 1. The van der Waals surface area contributed by atoms with Crippen molar-refractivity contribution in [2.24, 2.45) is 0 Å². The topological polar surface area (TPSA) is 93.2 Å². The van der Waals surface area contributed by atoms with Gasteiger partial charge in [-0.25, -0.2) is 0 Å². The quantitative estimate of drug-likeness (QED) is 0.198. The van der Waals surface area contributed by atoms with Crippen LogP contribution in [0.3, 0.4) is 0 Å². The number of methoxy groups -OCH3 is 3. The predicted molar refractivity (Wildman–Crippen MR) is 120 cm³/mol. The molecule has 2 rings (SSSR count). The third-order valence-corrected chi connectivity index (χ3v) is 4.49. The molecule has 1 aromatic heterocycles. The Morgan fingerprint density at radius 3 is 2.44 bits per heavy atom. The van der Waals surface area contributed by atoms with Gasteiger partial charge < -0.3 is 23.7 Å². The van der Waals surface area contributed by atoms with Gasteiger partial charge in [-0.15, -0.1) is 0 Å². The number of nitrogens with zero attached hydrogens (tertiary/aromatic N) is 1. The fourth-order valence-electron chi connectivity index (χ4n) is 2.84. The summed E-state index contributed by atoms with van der Waals surface area (Å²) in [6, 6.07) is 6.72. The number of allylic oxidation sites excluding steroid dienone is 1. The molecule has 0 aliphatic rings. The van der Waals surface area contributed by atoms with E-state index in [-0.39, 0.29) is 11.8 Å². The summed E-state index contributed by atoms with van der Waals surface area (Å²) >= 11 is 0. The fraction of sp³-hybridized carbons (Fsp3) is 0.375. The molecular weight excluding hydrogens is 414 g/mol. The smallest absolute Gasteiger partial charge is 0.305 e. The number of unbranched alkanes of at least 4 members (excludes halogenated alkanes) is 1. The van der Waals surface area contributed by atoms with Gasteiger partial charge in [-0.05, 0) is 50.1 Å². The summed E-state index contributed by atoms with van der Waals surface area (Å²) in [5.74, 6) is 1.54. The molecule has 2 aromatic rings. The average molecular weight is 443 g/mol. The zero-order valence-corrected chi connectivity index (χ0v) is 18.9. The summed E-state index contributed by atoms with van der Waals surface area (Å²) in [7, 11) is 4.56. The summed E-state index contributed by atoms with van der Waals surface area (Å²) in [6.45, 7) is 2.57. The lowest BCUT2D eigenvalue weighted by Crippen LogP contribution is -2.05. The Kier molecular flexibility index (Phi) is 10.0. The van der Waals surface area contributed by atoms with Crippen molar-refractivity contribution in [3.63, 3.8) is 0 Å². The fourth-order valence-corrected chi connectivity index (χ4v) is 2.84. The third-order valence-electron chi connectivity index (χ3n) is 4.49. The molecule has 0 N–H and O–H groups in total. The van der Waals surface area contributed by atoms with Gasteiger partial charge in [-0.2, -0.15) is 0 Å². The zero-order chi connectivity index (χ0) is 23.3. The number of hydrogen-bond donors (Lipinski definition) is 0. The monoisotopic (exact) mass is 443 g/mol. The molecule has 32 heavy (non-hydrogen) atoms. The summed E-state index contributed by atoms with van der Waals surface area (Å²) < 4.78 is 26.5. The van der Waals surface area contributed by atoms with Crippen molar-refractivity contribution in [2.75, 3.05) is 34.5 Å². The predicted octanol–water partition coefficient (Wildman–Crippen LogP) is 4.12. The summed E-state index contributed by atoms with van der Waals surface area (Å²) in [5, 5.41) is 0. The Morgan fingerprint density at radius 1 is 0.969 bits per heavy atom. The summed E-state index contributed by atoms with van der Waals surface area (Å²) in [6.07, 6.45) is 6.24. The number of benzene rings is 1. The molecule has 8 nitrogen and oxygen atoms in total. The van der Waals surface area contributed by atoms with Gasteiger partial charge >= 0.3 is 5.97 Å². The molecule has 0 aliphatic carbocycles. The van der Waals surface area contributed by atoms with Crippen LogP contribution >= 0.6 is 0 Å². The van der Waals surface area contributed by atoms with E-state index in [0.29, 0.717) is 66.7 Å². The second-order valence-electron chi connectivity index (χ2n) is 6.63. The molecule has 0 spiro atoms. The standard InChI is InChI=1S/C24H29NO7/c1-5-31-24(27)8-6-7-13-32-22-14-17(25-16-23(22)30-4)9-11-20(26)19-15-18(28-2)10-12-21(19)29-3/h9-12,14-16H,5-8,13H2,1-4H3/b11-9+. The summed E-state index contributed by atoms with van der Waals surface area (Å²) in [5.41, 5.74) is 0.914. The third kappa shape index (κ3) is 7.30. The van der Waals surface area contributed by atoms with Gasteiger partial charge in [0.1, 0.15) is 11.5 Å². The first kappa shape index (κ1) is 24.7. The van der Waals surface area contributed by atoms with Crippen LogP contribution in [0.5, 0.6) is 23.0 Å². The minimum Gasteiger partial charge on any atom is -0.497 e. The van der Waals surface area contributed by atoms with Crippen LogP contribution in [0.15, 0.2) is 36.5 Å². The van der Waals surface area contributed by atoms with Crippen LogP contribution in [-0.4, -0.2) is 51.3 Å². The normalized spacial score (nSPS) is 10.6. The van der Waals surface area contributed by atoms with Crippen LogP contribution in [0.25, 0.3) is 6.08 Å². The van der Waals surface area contributed by atoms with E-state index in [2.05, 4.69) is 4.98 Å². The molecule has 1 aromatic carbocycles. The van der Waals surface area contributed by atoms with Gasteiger partial charge in [0, 0.05) is 12.5 Å². The number of pyridine rings is 1. The van der Waals surface area contributed by atoms with Crippen molar-refractivity contribution in [2.45, 2.75) is 26.2 Å². The lowest BCUT2D eigenvalue weighted by atomic mass is 10.1. The van der Waals surface area contributed by atoms with E-state index in [0.717, 1.165) is 0 Å². The van der Waals surface area contributed by atoms with E-state index >= 15 is 0 Å². The largest absolute Gasteiger partial charge is 0.497 e. The Hall–Kier alpha value is -3.55. The molecule has 0 saturated carbocycles. The molecule has 0 unspecified atom stereocenters. The van der Waals surface area contributed by atoms with Gasteiger partial charge in [0.05, 0.1) is 52.0 Å². The van der Waals surface area contributed by atoms with Crippen molar-refractivity contribution in [1.29, 1.82) is 0 Å². The molecule has 0 amide bonds. The molecule has 1 heterocycles. The van der Waals surface area contributed by atoms with Gasteiger partial charge in [0.2, 0.25) is 0 Å². The van der Waals surface area contributed by atoms with E-state index in [9.17, 15) is 9.59 Å². The average Bonchev–Trinajstić information content (AvgIpc) is 2.82. The minimum absolute atomic E-state index is 0.209. The van der Waals surface area contributed by atoms with Crippen LogP contribution in [0.1, 0.15) is 42.2 Å². The number of carbonyl (C=O) groups is 2. The van der Waals surface area contributed by atoms with Crippen molar-refractivity contribution >= 4 is 17.8 Å². The maximum absolute atomic E-state index is 12.7. The van der Waals surface area contributed by atoms with E-state index in [1.807, 2.05) is 0 Å². The number of ketones is 1. The first-order chi connectivity index (χ1) is 15.5. The number of aromatic nitrogens is 1. The van der Waals surface area contributed by atoms with Crippen molar-refractivity contribution in [3.8, 4) is 23.0 Å². The van der Waals surface area contributed by atoms with E-state index in [4.69, 9.17) is 23.7 Å². The maximum Gasteiger partial charge on any atom is 0.305 e. The Morgan fingerprint density at radius 2 is 1.75 bits per heavy atom. The zero-order valence-electron chi connectivity index (χ0n) is 18.9. The lowest BCUT2D eigenvalue weighted by Gasteiger charge is -2.11. The van der Waals surface area contributed by atoms with E-state index < -0.39 is 0 Å². The second-order valence-corrected chi connectivity index (χ2v) is 6.63. The Bertz CT molecular complexity index is 940. The Labute approximate surface area is 188 Å². The highest BCUT2D eigenvalue weighted by atomic mass is 16.5. The maximum atomic E-state index is 12.7. The van der Waals surface area contributed by atoms with Gasteiger partial charge in [0.15, 0.2) is 17.3 Å². The highest BCUT2D eigenvalue weighted by Gasteiger charge is 2.12. The SMILES string of the molecule is CCOC(=O)CCCCOc1cc(/C=C/C(=O)c2cc(OC)ccc2OC)ncc1OC. The molecule has 8 heteroatoms. The first-order valence-electron chi connectivity index (χ1n) is 10.3. The second kappa shape index (κ2) is 13.0. The lowest BCUT2D eigenvalue weighted by molar-refractivity contribution is -0.143. The van der Waals surface area contributed by atoms with Crippen molar-refractivity contribution in [1.82, 2.24) is 4.98 Å². The summed E-state index contributed by atoms with van der Waals surface area (Å²) in [4.78, 5) is 28.3. The molecule has 172 valence electrons. The van der Waals surface area contributed by atoms with Crippen LogP contribution < -0.4 is 18.9 Å². The molecule has 0 atom stereocenters. The van der Waals surface area contributed by atoms with Crippen LogP contribution in [0.2, 0.25) is 0 Å². The Balaban J connectivity index is 2.04. The number of carbonyl (C=O) groups excluding carboxylic acids is 2. The van der Waals surface area contributed by atoms with Crippen molar-refractivity contribution < 1.29 is 33.3 Å². The number of ether oxygens (including phenoxy) is 5. The van der Waals surface area contributed by atoms with Gasteiger partial charge in [-0.3, -0.25) is 14.6 Å². The molecule has 0 bridgehead atoms. The molecule has 0 radical (unpaired) electrons. The molecule has 0 aliphatic heterocycles. The minimum atomic E-state index is -0.250. The van der Waals surface area contributed by atoms with Crippen molar-refractivity contribution in [3.05, 3.63) is 47.8 Å². The number of rotatable bonds is 13. The van der Waals surface area contributed by atoms with E-state index in [1.54, 1.807) is 37.3 Å². The first-order valence-corrected chi connectivity index (χ1v) is 10.3. The van der Waals surface area contributed by atoms with Gasteiger partial charge in [0.25, 0.3) is 0 Å². The highest BCUT2D eigenvalue weighted by Crippen LogP contribution is 2.28. The van der Waals surface area contributed by atoms with Crippen LogP contribution in [-0.2, 0) is 9.53 Å².